The smallest absolute Gasteiger partial charge is 0.309 e. The first-order chi connectivity index (χ1) is 28.1. The number of nitrogens with zero attached hydrogens (tertiary/aromatic N) is 2. The van der Waals surface area contributed by atoms with Gasteiger partial charge < -0.3 is 15.1 Å². The first-order valence-corrected chi connectivity index (χ1v) is 20.1. The van der Waals surface area contributed by atoms with Gasteiger partial charge in [-0.15, -0.1) is 0 Å². The van der Waals surface area contributed by atoms with E-state index >= 15 is 0 Å². The second-order valence-electron chi connectivity index (χ2n) is 16.1. The van der Waals surface area contributed by atoms with Crippen molar-refractivity contribution in [3.63, 3.8) is 0 Å². The van der Waals surface area contributed by atoms with E-state index in [0.29, 0.717) is 13.1 Å². The SMILES string of the molecule is CC(/C=C/C1=[N+](CCC(=O)O)c2ccc3ccccc3c2C1(C)Cc1ccccc1)=C\C=C1\N(CCC(=O)O)c2ccc3ccccc3c2C1(C)Cc1ccccc1. The molecule has 2 unspecified atom stereocenters. The van der Waals surface area contributed by atoms with E-state index in [1.165, 1.54) is 33.0 Å². The Kier molecular flexibility index (Phi) is 10.4. The van der Waals surface area contributed by atoms with E-state index in [9.17, 15) is 19.8 Å². The van der Waals surface area contributed by atoms with Crippen LogP contribution in [0, 0.1) is 0 Å². The third kappa shape index (κ3) is 7.15. The fourth-order valence-corrected chi connectivity index (χ4v) is 9.53. The van der Waals surface area contributed by atoms with Crippen molar-refractivity contribution in [3.05, 3.63) is 191 Å². The van der Waals surface area contributed by atoms with E-state index in [4.69, 9.17) is 0 Å². The van der Waals surface area contributed by atoms with Gasteiger partial charge in [0, 0.05) is 41.1 Å². The third-order valence-corrected chi connectivity index (χ3v) is 12.1. The van der Waals surface area contributed by atoms with Gasteiger partial charge in [0.1, 0.15) is 6.42 Å². The molecule has 2 heterocycles. The predicted octanol–water partition coefficient (Wildman–Crippen LogP) is 10.9. The van der Waals surface area contributed by atoms with Crippen LogP contribution in [0.15, 0.2) is 169 Å². The second kappa shape index (κ2) is 15.8. The first-order valence-electron chi connectivity index (χ1n) is 20.1. The molecule has 0 aliphatic carbocycles. The highest BCUT2D eigenvalue weighted by atomic mass is 16.4. The molecule has 0 saturated heterocycles. The molecule has 6 nitrogen and oxygen atoms in total. The standard InChI is InChI=1S/C52H48N2O4/c1-36(22-28-45-51(2,34-37-14-6-4-7-15-37)49-41-20-12-10-18-39(41)24-26-43(49)53(45)32-30-47(55)56)23-29-46-52(3,35-38-16-8-5-9-17-38)50-42-21-13-11-19-40(42)25-27-44(50)54(46)33-31-48(57)58/h4-29H,30-35H2,1-3H3,(H-,55,56,57,58)/p+1. The summed E-state index contributed by atoms with van der Waals surface area (Å²) in [5.41, 5.74) is 9.15. The van der Waals surface area contributed by atoms with Gasteiger partial charge in [-0.2, -0.15) is 4.58 Å². The number of carboxylic acids is 2. The van der Waals surface area contributed by atoms with Gasteiger partial charge in [0.2, 0.25) is 5.69 Å². The van der Waals surface area contributed by atoms with E-state index in [-0.39, 0.29) is 12.8 Å². The summed E-state index contributed by atoms with van der Waals surface area (Å²) < 4.78 is 2.21. The zero-order valence-corrected chi connectivity index (χ0v) is 33.4. The van der Waals surface area contributed by atoms with Crippen molar-refractivity contribution in [2.24, 2.45) is 0 Å². The Morgan fingerprint density at radius 2 is 1.21 bits per heavy atom. The van der Waals surface area contributed by atoms with Crippen molar-refractivity contribution in [3.8, 4) is 0 Å². The molecule has 0 saturated carbocycles. The maximum Gasteiger partial charge on any atom is 0.309 e. The van der Waals surface area contributed by atoms with Gasteiger partial charge in [-0.3, -0.25) is 9.59 Å². The lowest BCUT2D eigenvalue weighted by atomic mass is 9.73. The highest BCUT2D eigenvalue weighted by molar-refractivity contribution is 6.08. The fraction of sp³-hybridized carbons (Fsp3) is 0.212. The van der Waals surface area contributed by atoms with Crippen molar-refractivity contribution in [1.29, 1.82) is 0 Å². The highest BCUT2D eigenvalue weighted by Crippen LogP contribution is 2.53. The lowest BCUT2D eigenvalue weighted by molar-refractivity contribution is -0.436. The van der Waals surface area contributed by atoms with Crippen molar-refractivity contribution in [2.75, 3.05) is 18.0 Å². The molecule has 6 heteroatoms. The molecule has 58 heavy (non-hydrogen) atoms. The molecule has 6 aromatic carbocycles. The number of fused-ring (bicyclic) bond motifs is 6. The van der Waals surface area contributed by atoms with Crippen LogP contribution in [-0.2, 0) is 33.3 Å². The number of aliphatic carboxylic acids is 2. The summed E-state index contributed by atoms with van der Waals surface area (Å²) in [7, 11) is 0. The molecule has 0 aromatic heterocycles. The maximum absolute atomic E-state index is 12.0. The van der Waals surface area contributed by atoms with Gasteiger partial charge in [0.15, 0.2) is 12.3 Å². The van der Waals surface area contributed by atoms with E-state index in [1.807, 2.05) is 12.1 Å². The predicted molar refractivity (Wildman–Crippen MR) is 236 cm³/mol. The van der Waals surface area contributed by atoms with Crippen molar-refractivity contribution in [1.82, 2.24) is 0 Å². The molecule has 2 aliphatic heterocycles. The molecular weight excluding hydrogens is 717 g/mol. The van der Waals surface area contributed by atoms with E-state index in [0.717, 1.165) is 52.0 Å². The van der Waals surface area contributed by atoms with Gasteiger partial charge in [0.25, 0.3) is 0 Å². The largest absolute Gasteiger partial charge is 0.481 e. The number of benzene rings is 6. The molecule has 0 fully saturated rings. The van der Waals surface area contributed by atoms with Crippen LogP contribution in [0.5, 0.6) is 0 Å². The molecule has 6 aromatic rings. The van der Waals surface area contributed by atoms with Crippen molar-refractivity contribution < 1.29 is 24.4 Å². The molecule has 0 bridgehead atoms. The van der Waals surface area contributed by atoms with Crippen LogP contribution < -0.4 is 4.90 Å². The van der Waals surface area contributed by atoms with E-state index in [1.54, 1.807) is 0 Å². The van der Waals surface area contributed by atoms with Crippen LogP contribution in [0.3, 0.4) is 0 Å². The molecular formula is C52H49N2O4+. The van der Waals surface area contributed by atoms with Gasteiger partial charge in [-0.1, -0.05) is 133 Å². The summed E-state index contributed by atoms with van der Waals surface area (Å²) in [6.07, 6.45) is 10.2. The average Bonchev–Trinajstić information content (AvgIpc) is 3.61. The number of allylic oxidation sites excluding steroid dienone is 6. The van der Waals surface area contributed by atoms with Crippen LogP contribution in [0.25, 0.3) is 21.5 Å². The number of hydrogen-bond donors (Lipinski definition) is 2. The molecule has 8 rings (SSSR count). The Balaban J connectivity index is 1.26. The number of carboxylic acid groups (broad SMARTS) is 2. The van der Waals surface area contributed by atoms with Crippen molar-refractivity contribution >= 4 is 50.6 Å². The quantitative estimate of drug-likeness (QED) is 0.0904. The summed E-state index contributed by atoms with van der Waals surface area (Å²) in [5.74, 6) is -1.66. The maximum atomic E-state index is 12.0. The Bertz CT molecular complexity index is 2680. The zero-order chi connectivity index (χ0) is 40.4. The molecule has 0 spiro atoms. The lowest BCUT2D eigenvalue weighted by Gasteiger charge is -2.31. The first kappa shape index (κ1) is 38.3. The monoisotopic (exact) mass is 765 g/mol. The average molecular weight is 766 g/mol. The summed E-state index contributed by atoms with van der Waals surface area (Å²) >= 11 is 0. The molecule has 0 amide bonds. The highest BCUT2D eigenvalue weighted by Gasteiger charge is 2.49. The minimum atomic E-state index is -0.832. The van der Waals surface area contributed by atoms with Crippen LogP contribution in [-0.4, -0.2) is 45.5 Å². The Morgan fingerprint density at radius 1 is 0.655 bits per heavy atom. The summed E-state index contributed by atoms with van der Waals surface area (Å²) in [4.78, 5) is 26.3. The van der Waals surface area contributed by atoms with E-state index < -0.39 is 22.8 Å². The number of anilines is 1. The Hall–Kier alpha value is -6.53. The summed E-state index contributed by atoms with van der Waals surface area (Å²) in [6, 6.07) is 46.6. The molecule has 2 N–H and O–H groups in total. The lowest BCUT2D eigenvalue weighted by Crippen LogP contribution is -2.34. The van der Waals surface area contributed by atoms with Gasteiger partial charge in [0.05, 0.1) is 11.8 Å². The number of carbonyl (C=O) groups is 2. The van der Waals surface area contributed by atoms with Crippen LogP contribution in [0.1, 0.15) is 55.9 Å². The Morgan fingerprint density at radius 3 is 1.83 bits per heavy atom. The number of hydrogen-bond acceptors (Lipinski definition) is 3. The minimum absolute atomic E-state index is 0.00730. The van der Waals surface area contributed by atoms with Crippen LogP contribution >= 0.6 is 0 Å². The molecule has 2 atom stereocenters. The Labute approximate surface area is 340 Å². The zero-order valence-electron chi connectivity index (χ0n) is 33.4. The molecule has 290 valence electrons. The minimum Gasteiger partial charge on any atom is -0.481 e. The number of rotatable bonds is 13. The third-order valence-electron chi connectivity index (χ3n) is 12.1. The van der Waals surface area contributed by atoms with Gasteiger partial charge in [-0.25, -0.2) is 0 Å². The van der Waals surface area contributed by atoms with Crippen LogP contribution in [0.2, 0.25) is 0 Å². The van der Waals surface area contributed by atoms with E-state index in [2.05, 4.69) is 176 Å². The van der Waals surface area contributed by atoms with Gasteiger partial charge in [-0.05, 0) is 90.1 Å². The normalized spacial score (nSPS) is 19.7. The van der Waals surface area contributed by atoms with Crippen molar-refractivity contribution in [2.45, 2.75) is 57.3 Å². The molecule has 0 radical (unpaired) electrons. The van der Waals surface area contributed by atoms with Gasteiger partial charge >= 0.3 is 11.9 Å². The summed E-state index contributed by atoms with van der Waals surface area (Å²) in [5, 5.41) is 24.4. The molecule has 2 aliphatic rings. The van der Waals surface area contributed by atoms with Crippen LogP contribution in [0.4, 0.5) is 11.4 Å². The second-order valence-corrected chi connectivity index (χ2v) is 16.1. The topological polar surface area (TPSA) is 80.9 Å². The summed E-state index contributed by atoms with van der Waals surface area (Å²) in [6.45, 7) is 7.37. The fourth-order valence-electron chi connectivity index (χ4n) is 9.53.